The molecule has 0 amide bonds. The Morgan fingerprint density at radius 1 is 1.05 bits per heavy atom. The molecule has 2 aromatic rings. The molecular weight excluding hydrogens is 351 g/mol. The average molecular weight is 366 g/mol. The monoisotopic (exact) mass is 366 g/mol. The molecular formula is C16H15IO2. The maximum atomic E-state index is 12.7. The summed E-state index contributed by atoms with van der Waals surface area (Å²) in [5, 5.41) is 0. The zero-order valence-corrected chi connectivity index (χ0v) is 13.3. The van der Waals surface area contributed by atoms with E-state index in [4.69, 9.17) is 4.74 Å². The highest BCUT2D eigenvalue weighted by Crippen LogP contribution is 2.25. The number of ketones is 1. The molecule has 0 radical (unpaired) electrons. The maximum Gasteiger partial charge on any atom is 0.197 e. The number of aryl methyl sites for hydroxylation is 2. The van der Waals surface area contributed by atoms with Gasteiger partial charge in [0.2, 0.25) is 0 Å². The Morgan fingerprint density at radius 3 is 2.47 bits per heavy atom. The lowest BCUT2D eigenvalue weighted by Crippen LogP contribution is -2.06. The van der Waals surface area contributed by atoms with Crippen molar-refractivity contribution < 1.29 is 9.53 Å². The normalized spacial score (nSPS) is 10.3. The third kappa shape index (κ3) is 2.97. The van der Waals surface area contributed by atoms with Crippen LogP contribution in [0.15, 0.2) is 36.4 Å². The Morgan fingerprint density at radius 2 is 1.79 bits per heavy atom. The highest BCUT2D eigenvalue weighted by molar-refractivity contribution is 14.1. The molecule has 0 aliphatic rings. The molecule has 2 rings (SSSR count). The number of benzene rings is 2. The predicted octanol–water partition coefficient (Wildman–Crippen LogP) is 4.15. The molecule has 2 aromatic carbocycles. The van der Waals surface area contributed by atoms with Gasteiger partial charge in [-0.15, -0.1) is 0 Å². The molecule has 0 heterocycles. The molecule has 0 aliphatic carbocycles. The molecule has 0 N–H and O–H groups in total. The molecule has 0 unspecified atom stereocenters. The van der Waals surface area contributed by atoms with E-state index in [1.54, 1.807) is 7.11 Å². The fraction of sp³-hybridized carbons (Fsp3) is 0.188. The number of carbonyl (C=O) groups excluding carboxylic acids is 1. The summed E-state index contributed by atoms with van der Waals surface area (Å²) in [6.07, 6.45) is 0. The van der Waals surface area contributed by atoms with Crippen molar-refractivity contribution in [3.63, 3.8) is 0 Å². The van der Waals surface area contributed by atoms with Crippen LogP contribution in [0.2, 0.25) is 0 Å². The van der Waals surface area contributed by atoms with Crippen molar-refractivity contribution in [1.82, 2.24) is 0 Å². The summed E-state index contributed by atoms with van der Waals surface area (Å²) < 4.78 is 6.31. The lowest BCUT2D eigenvalue weighted by Gasteiger charge is -2.10. The second kappa shape index (κ2) is 5.74. The van der Waals surface area contributed by atoms with Gasteiger partial charge in [0, 0.05) is 9.13 Å². The largest absolute Gasteiger partial charge is 0.496 e. The number of hydrogen-bond donors (Lipinski definition) is 0. The van der Waals surface area contributed by atoms with E-state index in [-0.39, 0.29) is 5.78 Å². The van der Waals surface area contributed by atoms with Gasteiger partial charge in [-0.2, -0.15) is 0 Å². The molecule has 2 nitrogen and oxygen atoms in total. The second-order valence-electron chi connectivity index (χ2n) is 4.49. The van der Waals surface area contributed by atoms with Gasteiger partial charge < -0.3 is 4.74 Å². The Labute approximate surface area is 126 Å². The third-order valence-electron chi connectivity index (χ3n) is 3.04. The van der Waals surface area contributed by atoms with E-state index in [9.17, 15) is 4.79 Å². The van der Waals surface area contributed by atoms with Crippen LogP contribution < -0.4 is 4.74 Å². The summed E-state index contributed by atoms with van der Waals surface area (Å²) in [5.41, 5.74) is 3.42. The van der Waals surface area contributed by atoms with E-state index in [1.807, 2.05) is 50.2 Å². The number of methoxy groups -OCH3 is 1. The molecule has 0 aliphatic heterocycles. The summed E-state index contributed by atoms with van der Waals surface area (Å²) in [6, 6.07) is 11.5. The third-order valence-corrected chi connectivity index (χ3v) is 3.71. The topological polar surface area (TPSA) is 26.3 Å². The van der Waals surface area contributed by atoms with Crippen LogP contribution in [0, 0.1) is 17.4 Å². The highest BCUT2D eigenvalue weighted by Gasteiger charge is 2.16. The van der Waals surface area contributed by atoms with Gasteiger partial charge in [-0.25, -0.2) is 0 Å². The molecule has 0 saturated carbocycles. The van der Waals surface area contributed by atoms with Crippen LogP contribution in [0.25, 0.3) is 0 Å². The summed E-state index contributed by atoms with van der Waals surface area (Å²) >= 11 is 2.20. The first-order valence-corrected chi connectivity index (χ1v) is 7.06. The first-order chi connectivity index (χ1) is 9.02. The number of halogens is 1. The average Bonchev–Trinajstić information content (AvgIpc) is 2.40. The van der Waals surface area contributed by atoms with Gasteiger partial charge in [-0.3, -0.25) is 4.79 Å². The van der Waals surface area contributed by atoms with Crippen LogP contribution in [0.4, 0.5) is 0 Å². The van der Waals surface area contributed by atoms with Gasteiger partial charge in [0.25, 0.3) is 0 Å². The van der Waals surface area contributed by atoms with Crippen LogP contribution >= 0.6 is 22.6 Å². The molecule has 98 valence electrons. The summed E-state index contributed by atoms with van der Waals surface area (Å²) in [5.74, 6) is 0.628. The van der Waals surface area contributed by atoms with E-state index in [0.29, 0.717) is 11.3 Å². The molecule has 0 atom stereocenters. The number of hydrogen-bond acceptors (Lipinski definition) is 2. The maximum absolute atomic E-state index is 12.7. The summed E-state index contributed by atoms with van der Waals surface area (Å²) in [4.78, 5) is 12.7. The Bertz CT molecular complexity index is 633. The van der Waals surface area contributed by atoms with E-state index in [1.165, 1.54) is 0 Å². The molecule has 0 fully saturated rings. The van der Waals surface area contributed by atoms with Crippen molar-refractivity contribution in [3.8, 4) is 5.75 Å². The smallest absolute Gasteiger partial charge is 0.197 e. The number of rotatable bonds is 3. The van der Waals surface area contributed by atoms with Crippen molar-refractivity contribution in [2.75, 3.05) is 7.11 Å². The van der Waals surface area contributed by atoms with E-state index in [0.717, 1.165) is 20.3 Å². The highest BCUT2D eigenvalue weighted by atomic mass is 127. The van der Waals surface area contributed by atoms with Crippen molar-refractivity contribution in [1.29, 1.82) is 0 Å². The van der Waals surface area contributed by atoms with E-state index >= 15 is 0 Å². The van der Waals surface area contributed by atoms with Gasteiger partial charge in [0.15, 0.2) is 5.78 Å². The minimum Gasteiger partial charge on any atom is -0.496 e. The fourth-order valence-corrected chi connectivity index (χ4v) is 2.47. The van der Waals surface area contributed by atoms with Gasteiger partial charge in [-0.05, 0) is 66.3 Å². The first kappa shape index (κ1) is 14.1. The van der Waals surface area contributed by atoms with Crippen LogP contribution in [0.5, 0.6) is 5.75 Å². The lowest BCUT2D eigenvalue weighted by molar-refractivity contribution is 0.103. The predicted molar refractivity (Wildman–Crippen MR) is 85.1 cm³/mol. The SMILES string of the molecule is COc1ccc(I)cc1C(=O)c1cc(C)ccc1C. The summed E-state index contributed by atoms with van der Waals surface area (Å²) in [6.45, 7) is 3.94. The quantitative estimate of drug-likeness (QED) is 0.603. The van der Waals surface area contributed by atoms with Gasteiger partial charge >= 0.3 is 0 Å². The van der Waals surface area contributed by atoms with Gasteiger partial charge in [0.1, 0.15) is 5.75 Å². The minimum atomic E-state index is 0.0107. The second-order valence-corrected chi connectivity index (χ2v) is 5.74. The standard InChI is InChI=1S/C16H15IO2/c1-10-4-5-11(2)13(8-10)16(18)14-9-12(17)6-7-15(14)19-3/h4-9H,1-3H3. The van der Waals surface area contributed by atoms with E-state index < -0.39 is 0 Å². The van der Waals surface area contributed by atoms with Crippen molar-refractivity contribution in [2.24, 2.45) is 0 Å². The molecule has 0 saturated heterocycles. The van der Waals surface area contributed by atoms with Crippen LogP contribution in [-0.4, -0.2) is 12.9 Å². The van der Waals surface area contributed by atoms with Gasteiger partial charge in [-0.1, -0.05) is 17.7 Å². The molecule has 0 spiro atoms. The zero-order valence-electron chi connectivity index (χ0n) is 11.2. The Hall–Kier alpha value is -1.36. The Kier molecular flexibility index (Phi) is 4.24. The fourth-order valence-electron chi connectivity index (χ4n) is 1.98. The number of ether oxygens (including phenoxy) is 1. The van der Waals surface area contributed by atoms with Crippen LogP contribution in [0.1, 0.15) is 27.0 Å². The van der Waals surface area contributed by atoms with Gasteiger partial charge in [0.05, 0.1) is 12.7 Å². The van der Waals surface area contributed by atoms with Crippen molar-refractivity contribution >= 4 is 28.4 Å². The van der Waals surface area contributed by atoms with Crippen molar-refractivity contribution in [2.45, 2.75) is 13.8 Å². The summed E-state index contributed by atoms with van der Waals surface area (Å²) in [7, 11) is 1.59. The lowest BCUT2D eigenvalue weighted by atomic mass is 9.97. The minimum absolute atomic E-state index is 0.0107. The molecule has 0 aromatic heterocycles. The molecule has 3 heteroatoms. The van der Waals surface area contributed by atoms with Crippen molar-refractivity contribution in [3.05, 3.63) is 62.2 Å². The Balaban J connectivity index is 2.55. The zero-order chi connectivity index (χ0) is 14.0. The molecule has 0 bridgehead atoms. The van der Waals surface area contributed by atoms with E-state index in [2.05, 4.69) is 22.6 Å². The number of carbonyl (C=O) groups is 1. The first-order valence-electron chi connectivity index (χ1n) is 5.98. The molecule has 19 heavy (non-hydrogen) atoms. The van der Waals surface area contributed by atoms with Crippen LogP contribution in [-0.2, 0) is 0 Å². The van der Waals surface area contributed by atoms with Crippen LogP contribution in [0.3, 0.4) is 0 Å².